The summed E-state index contributed by atoms with van der Waals surface area (Å²) in [6.45, 7) is 1.86. The van der Waals surface area contributed by atoms with E-state index in [9.17, 15) is 8.42 Å². The number of nitrogens with one attached hydrogen (secondary N) is 1. The molecule has 0 bridgehead atoms. The number of nitrogens with zero attached hydrogens (tertiary/aromatic N) is 3. The summed E-state index contributed by atoms with van der Waals surface area (Å²) < 4.78 is 28.2. The molecular formula is C15H22N4O2S. The maximum Gasteiger partial charge on any atom is 0.211 e. The quantitative estimate of drug-likeness (QED) is 0.917. The fourth-order valence-electron chi connectivity index (χ4n) is 3.10. The van der Waals surface area contributed by atoms with Crippen LogP contribution in [0.15, 0.2) is 18.3 Å². The zero-order valence-corrected chi connectivity index (χ0v) is 13.6. The minimum Gasteiger partial charge on any atom is -0.308 e. The first kappa shape index (κ1) is 15.4. The Morgan fingerprint density at radius 2 is 2.09 bits per heavy atom. The van der Waals surface area contributed by atoms with Crippen LogP contribution in [0.3, 0.4) is 0 Å². The van der Waals surface area contributed by atoms with E-state index in [-0.39, 0.29) is 12.3 Å². The van der Waals surface area contributed by atoms with Gasteiger partial charge in [-0.15, -0.1) is 0 Å². The van der Waals surface area contributed by atoms with Gasteiger partial charge in [0.2, 0.25) is 10.0 Å². The van der Waals surface area contributed by atoms with Crippen LogP contribution in [0.2, 0.25) is 0 Å². The lowest BCUT2D eigenvalue weighted by Gasteiger charge is -2.25. The topological polar surface area (TPSA) is 76.9 Å². The summed E-state index contributed by atoms with van der Waals surface area (Å²) in [7, 11) is -3.23. The second kappa shape index (κ2) is 6.34. The van der Waals surface area contributed by atoms with Gasteiger partial charge in [0.25, 0.3) is 0 Å². The van der Waals surface area contributed by atoms with Gasteiger partial charge in [-0.2, -0.15) is 0 Å². The molecule has 120 valence electrons. The third kappa shape index (κ3) is 3.15. The maximum atomic E-state index is 11.7. The fraction of sp³-hybridized carbons (Fsp3) is 0.600. The van der Waals surface area contributed by atoms with Crippen LogP contribution in [0.1, 0.15) is 50.9 Å². The van der Waals surface area contributed by atoms with Gasteiger partial charge >= 0.3 is 0 Å². The number of pyridine rings is 1. The number of fused-ring (bicyclic) bond motifs is 1. The van der Waals surface area contributed by atoms with Crippen LogP contribution in [-0.4, -0.2) is 28.7 Å². The van der Waals surface area contributed by atoms with Gasteiger partial charge in [-0.05, 0) is 31.9 Å². The highest BCUT2D eigenvalue weighted by Crippen LogP contribution is 2.31. The summed E-state index contributed by atoms with van der Waals surface area (Å²) in [5, 5.41) is 0. The third-order valence-electron chi connectivity index (χ3n) is 4.29. The monoisotopic (exact) mass is 322 g/mol. The predicted molar refractivity (Wildman–Crippen MR) is 86.0 cm³/mol. The molecule has 1 aliphatic rings. The van der Waals surface area contributed by atoms with Crippen molar-refractivity contribution in [2.24, 2.45) is 0 Å². The Balaban J connectivity index is 1.97. The van der Waals surface area contributed by atoms with E-state index in [1.54, 1.807) is 13.1 Å². The van der Waals surface area contributed by atoms with Crippen molar-refractivity contribution in [3.8, 4) is 0 Å². The molecular weight excluding hydrogens is 300 g/mol. The van der Waals surface area contributed by atoms with Crippen molar-refractivity contribution in [2.45, 2.75) is 51.6 Å². The van der Waals surface area contributed by atoms with Crippen LogP contribution in [-0.2, 0) is 16.6 Å². The predicted octanol–water partition coefficient (Wildman–Crippen LogP) is 2.38. The summed E-state index contributed by atoms with van der Waals surface area (Å²) >= 11 is 0. The highest BCUT2D eigenvalue weighted by molar-refractivity contribution is 7.89. The summed E-state index contributed by atoms with van der Waals surface area (Å²) in [4.78, 5) is 9.06. The molecule has 1 aliphatic carbocycles. The van der Waals surface area contributed by atoms with E-state index in [1.165, 1.54) is 19.3 Å². The van der Waals surface area contributed by atoms with Gasteiger partial charge < -0.3 is 4.57 Å². The summed E-state index contributed by atoms with van der Waals surface area (Å²) in [5.41, 5.74) is 1.69. The van der Waals surface area contributed by atoms with Crippen LogP contribution in [0.5, 0.6) is 0 Å². The first-order chi connectivity index (χ1) is 10.6. The molecule has 3 rings (SSSR count). The van der Waals surface area contributed by atoms with E-state index in [2.05, 4.69) is 19.3 Å². The Bertz CT molecular complexity index is 748. The summed E-state index contributed by atoms with van der Waals surface area (Å²) in [6.07, 6.45) is 7.66. The zero-order chi connectivity index (χ0) is 15.6. The third-order valence-corrected chi connectivity index (χ3v) is 5.64. The van der Waals surface area contributed by atoms with Gasteiger partial charge in [-0.1, -0.05) is 19.3 Å². The van der Waals surface area contributed by atoms with Crippen molar-refractivity contribution in [3.63, 3.8) is 0 Å². The maximum absolute atomic E-state index is 11.7. The van der Waals surface area contributed by atoms with Crippen LogP contribution in [0, 0.1) is 0 Å². The average molecular weight is 322 g/mol. The van der Waals surface area contributed by atoms with Gasteiger partial charge in [-0.3, -0.25) is 0 Å². The second-order valence-corrected chi connectivity index (χ2v) is 7.86. The van der Waals surface area contributed by atoms with Crippen molar-refractivity contribution in [1.29, 1.82) is 0 Å². The first-order valence-electron chi connectivity index (χ1n) is 7.90. The number of imidazole rings is 1. The molecule has 2 aromatic heterocycles. The van der Waals surface area contributed by atoms with E-state index >= 15 is 0 Å². The van der Waals surface area contributed by atoms with E-state index in [0.29, 0.717) is 6.04 Å². The molecule has 1 saturated carbocycles. The van der Waals surface area contributed by atoms with E-state index < -0.39 is 10.0 Å². The molecule has 1 N–H and O–H groups in total. The number of hydrogen-bond donors (Lipinski definition) is 1. The Morgan fingerprint density at radius 3 is 2.82 bits per heavy atom. The molecule has 0 unspecified atom stereocenters. The standard InChI is InChI=1S/C15H22N4O2S/c1-2-22(20,21)17-11-14-18-13-9-6-10-16-15(13)19(14)12-7-4-3-5-8-12/h6,9-10,12,17H,2-5,7-8,11H2,1H3. The minimum absolute atomic E-state index is 0.0783. The number of aromatic nitrogens is 3. The van der Waals surface area contributed by atoms with Crippen LogP contribution >= 0.6 is 0 Å². The Hall–Kier alpha value is -1.47. The van der Waals surface area contributed by atoms with Crippen LogP contribution in [0.25, 0.3) is 11.2 Å². The molecule has 0 amide bonds. The molecule has 0 aromatic carbocycles. The summed E-state index contributed by atoms with van der Waals surface area (Å²) in [6, 6.07) is 4.16. The highest BCUT2D eigenvalue weighted by Gasteiger charge is 2.22. The molecule has 0 saturated heterocycles. The van der Waals surface area contributed by atoms with Gasteiger partial charge in [0.05, 0.1) is 12.3 Å². The first-order valence-corrected chi connectivity index (χ1v) is 9.55. The van der Waals surface area contributed by atoms with E-state index in [0.717, 1.165) is 29.8 Å². The molecule has 6 nitrogen and oxygen atoms in total. The van der Waals surface area contributed by atoms with Crippen molar-refractivity contribution in [3.05, 3.63) is 24.2 Å². The zero-order valence-electron chi connectivity index (χ0n) is 12.8. The van der Waals surface area contributed by atoms with Crippen molar-refractivity contribution >= 4 is 21.2 Å². The molecule has 2 aromatic rings. The van der Waals surface area contributed by atoms with E-state index in [4.69, 9.17) is 0 Å². The lowest BCUT2D eigenvalue weighted by Crippen LogP contribution is -2.27. The largest absolute Gasteiger partial charge is 0.308 e. The van der Waals surface area contributed by atoms with Gasteiger partial charge in [0.15, 0.2) is 5.65 Å². The van der Waals surface area contributed by atoms with Crippen molar-refractivity contribution in [1.82, 2.24) is 19.3 Å². The van der Waals surface area contributed by atoms with Crippen molar-refractivity contribution in [2.75, 3.05) is 5.75 Å². The van der Waals surface area contributed by atoms with Crippen LogP contribution in [0.4, 0.5) is 0 Å². The Labute approximate surface area is 131 Å². The molecule has 1 fully saturated rings. The molecule has 0 spiro atoms. The molecule has 0 atom stereocenters. The molecule has 22 heavy (non-hydrogen) atoms. The number of hydrogen-bond acceptors (Lipinski definition) is 4. The SMILES string of the molecule is CCS(=O)(=O)NCc1nc2cccnc2n1C1CCCCC1. The van der Waals surface area contributed by atoms with Gasteiger partial charge in [0, 0.05) is 12.2 Å². The molecule has 7 heteroatoms. The lowest BCUT2D eigenvalue weighted by molar-refractivity contribution is 0.350. The Morgan fingerprint density at radius 1 is 1.32 bits per heavy atom. The fourth-order valence-corrected chi connectivity index (χ4v) is 3.65. The molecule has 0 aliphatic heterocycles. The minimum atomic E-state index is -3.23. The Kier molecular flexibility index (Phi) is 4.44. The molecule has 2 heterocycles. The smallest absolute Gasteiger partial charge is 0.211 e. The second-order valence-electron chi connectivity index (χ2n) is 5.76. The molecule has 0 radical (unpaired) electrons. The van der Waals surface area contributed by atoms with Gasteiger partial charge in [0.1, 0.15) is 11.3 Å². The van der Waals surface area contributed by atoms with Gasteiger partial charge in [-0.25, -0.2) is 23.1 Å². The lowest BCUT2D eigenvalue weighted by atomic mass is 9.95. The van der Waals surface area contributed by atoms with Crippen LogP contribution < -0.4 is 4.72 Å². The number of rotatable bonds is 5. The average Bonchev–Trinajstić information content (AvgIpc) is 2.92. The van der Waals surface area contributed by atoms with Crippen molar-refractivity contribution < 1.29 is 8.42 Å². The van der Waals surface area contributed by atoms with E-state index in [1.807, 2.05) is 12.1 Å². The number of sulfonamides is 1. The highest BCUT2D eigenvalue weighted by atomic mass is 32.2. The summed E-state index contributed by atoms with van der Waals surface area (Å²) in [5.74, 6) is 0.840. The normalized spacial score (nSPS) is 17.1.